The summed E-state index contributed by atoms with van der Waals surface area (Å²) in [6.07, 6.45) is 22.1. The standard InChI is InChI=1S/C21H39NOS2/c1-2-3-4-5-6-7-8-9-10-11-12-13-14-15-16-17-18-22-20(23)19-25-21(22)24/h2-19H2,1H3. The summed E-state index contributed by atoms with van der Waals surface area (Å²) in [6, 6.07) is 0. The van der Waals surface area contributed by atoms with Crippen molar-refractivity contribution in [1.29, 1.82) is 0 Å². The first-order valence-electron chi connectivity index (χ1n) is 10.7. The zero-order chi connectivity index (χ0) is 18.2. The van der Waals surface area contributed by atoms with Gasteiger partial charge >= 0.3 is 0 Å². The number of nitrogens with zero attached hydrogens (tertiary/aromatic N) is 1. The molecule has 146 valence electrons. The molecule has 1 fully saturated rings. The maximum absolute atomic E-state index is 11.6. The van der Waals surface area contributed by atoms with Gasteiger partial charge in [0.15, 0.2) is 0 Å². The minimum Gasteiger partial charge on any atom is -0.297 e. The molecule has 1 amide bonds. The SMILES string of the molecule is CCCCCCCCCCCCCCCCCCN1C(=O)CSC1=S. The van der Waals surface area contributed by atoms with Gasteiger partial charge in [-0.2, -0.15) is 0 Å². The van der Waals surface area contributed by atoms with E-state index in [9.17, 15) is 4.79 Å². The van der Waals surface area contributed by atoms with Crippen LogP contribution in [-0.4, -0.2) is 27.4 Å². The van der Waals surface area contributed by atoms with Crippen LogP contribution in [0, 0.1) is 0 Å². The molecule has 1 rings (SSSR count). The quantitative estimate of drug-likeness (QED) is 0.196. The first-order valence-corrected chi connectivity index (χ1v) is 12.1. The van der Waals surface area contributed by atoms with Crippen molar-refractivity contribution in [3.05, 3.63) is 0 Å². The van der Waals surface area contributed by atoms with Gasteiger partial charge in [0.1, 0.15) is 4.32 Å². The summed E-state index contributed by atoms with van der Waals surface area (Å²) in [5.74, 6) is 0.758. The minimum atomic E-state index is 0.205. The predicted molar refractivity (Wildman–Crippen MR) is 116 cm³/mol. The normalized spacial score (nSPS) is 14.7. The van der Waals surface area contributed by atoms with Crippen molar-refractivity contribution in [2.75, 3.05) is 12.3 Å². The fourth-order valence-corrected chi connectivity index (χ4v) is 4.54. The first-order chi connectivity index (χ1) is 12.3. The van der Waals surface area contributed by atoms with E-state index in [2.05, 4.69) is 6.92 Å². The number of hydrogen-bond acceptors (Lipinski definition) is 3. The number of unbranched alkanes of at least 4 members (excludes halogenated alkanes) is 15. The summed E-state index contributed by atoms with van der Waals surface area (Å²) in [6.45, 7) is 3.12. The van der Waals surface area contributed by atoms with Crippen LogP contribution in [-0.2, 0) is 4.79 Å². The highest BCUT2D eigenvalue weighted by molar-refractivity contribution is 8.23. The molecule has 4 heteroatoms. The molecule has 0 aromatic carbocycles. The molecule has 1 heterocycles. The largest absolute Gasteiger partial charge is 0.297 e. The first kappa shape index (κ1) is 23.0. The monoisotopic (exact) mass is 385 g/mol. The lowest BCUT2D eigenvalue weighted by Gasteiger charge is -2.14. The van der Waals surface area contributed by atoms with Crippen LogP contribution in [0.15, 0.2) is 0 Å². The molecule has 1 saturated heterocycles. The van der Waals surface area contributed by atoms with E-state index in [0.717, 1.165) is 17.3 Å². The van der Waals surface area contributed by atoms with Crippen LogP contribution in [0.1, 0.15) is 110 Å². The molecule has 25 heavy (non-hydrogen) atoms. The number of carbonyl (C=O) groups excluding carboxylic acids is 1. The Bertz CT molecular complexity index is 344. The van der Waals surface area contributed by atoms with Gasteiger partial charge in [0.2, 0.25) is 5.91 Å². The summed E-state index contributed by atoms with van der Waals surface area (Å²) < 4.78 is 0.783. The average molecular weight is 386 g/mol. The van der Waals surface area contributed by atoms with E-state index in [1.54, 1.807) is 4.90 Å². The molecular formula is C21H39NOS2. The lowest BCUT2D eigenvalue weighted by Crippen LogP contribution is -2.29. The molecule has 0 spiro atoms. The van der Waals surface area contributed by atoms with Crippen LogP contribution in [0.4, 0.5) is 0 Å². The fraction of sp³-hybridized carbons (Fsp3) is 0.905. The highest BCUT2D eigenvalue weighted by Gasteiger charge is 2.25. The summed E-state index contributed by atoms with van der Waals surface area (Å²) in [4.78, 5) is 13.4. The van der Waals surface area contributed by atoms with Gasteiger partial charge in [0, 0.05) is 6.54 Å². The molecule has 0 aliphatic carbocycles. The van der Waals surface area contributed by atoms with Gasteiger partial charge in [-0.05, 0) is 6.42 Å². The lowest BCUT2D eigenvalue weighted by atomic mass is 10.0. The Morgan fingerprint density at radius 2 is 1.16 bits per heavy atom. The van der Waals surface area contributed by atoms with E-state index in [4.69, 9.17) is 12.2 Å². The highest BCUT2D eigenvalue weighted by atomic mass is 32.2. The Labute approximate surface area is 165 Å². The van der Waals surface area contributed by atoms with E-state index in [1.165, 1.54) is 108 Å². The van der Waals surface area contributed by atoms with Crippen LogP contribution in [0.25, 0.3) is 0 Å². The van der Waals surface area contributed by atoms with Gasteiger partial charge in [-0.15, -0.1) is 0 Å². The fourth-order valence-electron chi connectivity index (χ4n) is 3.42. The molecule has 0 aromatic heterocycles. The second-order valence-corrected chi connectivity index (χ2v) is 9.01. The van der Waals surface area contributed by atoms with E-state index in [-0.39, 0.29) is 5.91 Å². The van der Waals surface area contributed by atoms with E-state index >= 15 is 0 Å². The molecule has 2 nitrogen and oxygen atoms in total. The van der Waals surface area contributed by atoms with E-state index in [0.29, 0.717) is 5.75 Å². The van der Waals surface area contributed by atoms with Gasteiger partial charge in [0.25, 0.3) is 0 Å². The van der Waals surface area contributed by atoms with Gasteiger partial charge in [-0.3, -0.25) is 9.69 Å². The molecule has 1 aliphatic heterocycles. The summed E-state index contributed by atoms with van der Waals surface area (Å²) >= 11 is 6.71. The number of hydrogen-bond donors (Lipinski definition) is 0. The third-order valence-electron chi connectivity index (χ3n) is 5.08. The smallest absolute Gasteiger partial charge is 0.238 e. The van der Waals surface area contributed by atoms with Crippen molar-refractivity contribution in [3.8, 4) is 0 Å². The number of thioether (sulfide) groups is 1. The number of amides is 1. The Hall–Kier alpha value is -0.0900. The average Bonchev–Trinajstić information content (AvgIpc) is 2.93. The molecule has 0 saturated carbocycles. The molecule has 0 unspecified atom stereocenters. The molecule has 0 aromatic rings. The predicted octanol–water partition coefficient (Wildman–Crippen LogP) is 7.11. The zero-order valence-electron chi connectivity index (χ0n) is 16.4. The minimum absolute atomic E-state index is 0.205. The number of thiocarbonyl (C=S) groups is 1. The van der Waals surface area contributed by atoms with E-state index < -0.39 is 0 Å². The summed E-state index contributed by atoms with van der Waals surface area (Å²) in [7, 11) is 0. The maximum atomic E-state index is 11.6. The van der Waals surface area contributed by atoms with Gasteiger partial charge in [0.05, 0.1) is 5.75 Å². The number of rotatable bonds is 17. The Morgan fingerprint density at radius 3 is 1.52 bits per heavy atom. The molecule has 0 bridgehead atoms. The van der Waals surface area contributed by atoms with Crippen molar-refractivity contribution < 1.29 is 4.79 Å². The van der Waals surface area contributed by atoms with Crippen LogP contribution in [0.5, 0.6) is 0 Å². The zero-order valence-corrected chi connectivity index (χ0v) is 18.0. The lowest BCUT2D eigenvalue weighted by molar-refractivity contribution is -0.124. The van der Waals surface area contributed by atoms with Crippen LogP contribution < -0.4 is 0 Å². The van der Waals surface area contributed by atoms with Gasteiger partial charge in [-0.1, -0.05) is 127 Å². The third kappa shape index (κ3) is 12.0. The summed E-state index contributed by atoms with van der Waals surface area (Å²) in [5.41, 5.74) is 0. The second-order valence-electron chi connectivity index (χ2n) is 7.40. The third-order valence-corrected chi connectivity index (χ3v) is 6.51. The molecule has 0 radical (unpaired) electrons. The Kier molecular flexibility index (Phi) is 14.8. The Balaban J connectivity index is 1.73. The summed E-state index contributed by atoms with van der Waals surface area (Å²) in [5, 5.41) is 0. The van der Waals surface area contributed by atoms with E-state index in [1.807, 2.05) is 0 Å². The van der Waals surface area contributed by atoms with Crippen molar-refractivity contribution in [2.24, 2.45) is 0 Å². The Morgan fingerprint density at radius 1 is 0.760 bits per heavy atom. The van der Waals surface area contributed by atoms with Crippen molar-refractivity contribution >= 4 is 34.2 Å². The van der Waals surface area contributed by atoms with Gasteiger partial charge in [-0.25, -0.2) is 0 Å². The maximum Gasteiger partial charge on any atom is 0.238 e. The van der Waals surface area contributed by atoms with Crippen LogP contribution >= 0.6 is 24.0 Å². The highest BCUT2D eigenvalue weighted by Crippen LogP contribution is 2.20. The van der Waals surface area contributed by atoms with Crippen molar-refractivity contribution in [3.63, 3.8) is 0 Å². The number of carbonyl (C=O) groups is 1. The van der Waals surface area contributed by atoms with Crippen LogP contribution in [0.2, 0.25) is 0 Å². The van der Waals surface area contributed by atoms with Crippen molar-refractivity contribution in [2.45, 2.75) is 110 Å². The molecule has 1 aliphatic rings. The molecule has 0 N–H and O–H groups in total. The second kappa shape index (κ2) is 16.1. The van der Waals surface area contributed by atoms with Gasteiger partial charge < -0.3 is 0 Å². The molecule has 0 atom stereocenters. The topological polar surface area (TPSA) is 20.3 Å². The van der Waals surface area contributed by atoms with Crippen LogP contribution in [0.3, 0.4) is 0 Å². The van der Waals surface area contributed by atoms with Crippen molar-refractivity contribution in [1.82, 2.24) is 4.90 Å². The molecular weight excluding hydrogens is 346 g/mol.